The van der Waals surface area contributed by atoms with Gasteiger partial charge in [-0.15, -0.1) is 11.3 Å². The fourth-order valence-electron chi connectivity index (χ4n) is 1.44. The highest BCUT2D eigenvalue weighted by molar-refractivity contribution is 9.11. The zero-order chi connectivity index (χ0) is 11.4. The van der Waals surface area contributed by atoms with E-state index < -0.39 is 0 Å². The zero-order valence-corrected chi connectivity index (χ0v) is 11.4. The van der Waals surface area contributed by atoms with Crippen LogP contribution >= 0.6 is 27.3 Å². The van der Waals surface area contributed by atoms with E-state index in [-0.39, 0.29) is 0 Å². The largest absolute Gasteiger partial charge is 0.305 e. The van der Waals surface area contributed by atoms with E-state index in [2.05, 4.69) is 51.4 Å². The van der Waals surface area contributed by atoms with Crippen LogP contribution in [0.25, 0.3) is 0 Å². The van der Waals surface area contributed by atoms with Crippen molar-refractivity contribution in [3.8, 4) is 0 Å². The number of halogens is 1. The molecule has 0 saturated carbocycles. The van der Waals surface area contributed by atoms with E-state index in [1.807, 2.05) is 12.3 Å². The zero-order valence-electron chi connectivity index (χ0n) is 8.98. The Hall–Kier alpha value is -0.710. The molecular formula is C12H13BrN2S. The van der Waals surface area contributed by atoms with Gasteiger partial charge in [0, 0.05) is 29.9 Å². The van der Waals surface area contributed by atoms with Gasteiger partial charge in [-0.3, -0.25) is 4.98 Å². The van der Waals surface area contributed by atoms with Gasteiger partial charge in [-0.05, 0) is 46.6 Å². The summed E-state index contributed by atoms with van der Waals surface area (Å²) in [7, 11) is 0. The molecule has 0 aromatic carbocycles. The Balaban J connectivity index is 1.91. The molecular weight excluding hydrogens is 284 g/mol. The Morgan fingerprint density at radius 2 is 2.31 bits per heavy atom. The second-order valence-corrected chi connectivity index (χ2v) is 6.10. The van der Waals surface area contributed by atoms with Crippen molar-refractivity contribution in [3.63, 3.8) is 0 Å². The van der Waals surface area contributed by atoms with Gasteiger partial charge < -0.3 is 5.32 Å². The lowest BCUT2D eigenvalue weighted by molar-refractivity contribution is 0.582. The molecule has 0 saturated heterocycles. The first-order chi connectivity index (χ1) is 7.75. The fraction of sp³-hybridized carbons (Fsp3) is 0.250. The van der Waals surface area contributed by atoms with Crippen molar-refractivity contribution in [2.45, 2.75) is 19.5 Å². The van der Waals surface area contributed by atoms with Crippen LogP contribution in [-0.2, 0) is 6.54 Å². The third-order valence-electron chi connectivity index (χ3n) is 2.36. The normalized spacial score (nSPS) is 12.6. The molecule has 0 spiro atoms. The number of rotatable bonds is 4. The molecule has 2 nitrogen and oxygen atoms in total. The van der Waals surface area contributed by atoms with Crippen molar-refractivity contribution >= 4 is 27.3 Å². The average Bonchev–Trinajstić information content (AvgIpc) is 2.74. The molecule has 1 atom stereocenters. The predicted octanol–water partition coefficient (Wildman–Crippen LogP) is 3.76. The highest BCUT2D eigenvalue weighted by Crippen LogP contribution is 2.27. The number of hydrogen-bond donors (Lipinski definition) is 1. The smallest absolute Gasteiger partial charge is 0.0701 e. The van der Waals surface area contributed by atoms with Gasteiger partial charge >= 0.3 is 0 Å². The van der Waals surface area contributed by atoms with Crippen LogP contribution in [0.3, 0.4) is 0 Å². The molecule has 4 heteroatoms. The standard InChI is InChI=1S/C12H13BrN2S/c1-9(11-4-5-12(13)16-11)15-8-10-3-2-6-14-7-10/h2-7,9,15H,8H2,1H3. The first-order valence-corrected chi connectivity index (χ1v) is 6.74. The van der Waals surface area contributed by atoms with Crippen molar-refractivity contribution in [1.29, 1.82) is 0 Å². The maximum Gasteiger partial charge on any atom is 0.0701 e. The van der Waals surface area contributed by atoms with Crippen molar-refractivity contribution in [3.05, 3.63) is 50.9 Å². The Kier molecular flexibility index (Phi) is 4.09. The fourth-order valence-corrected chi connectivity index (χ4v) is 2.89. The minimum Gasteiger partial charge on any atom is -0.305 e. The van der Waals surface area contributed by atoms with E-state index in [1.54, 1.807) is 17.5 Å². The minimum atomic E-state index is 0.372. The van der Waals surface area contributed by atoms with Gasteiger partial charge in [0.05, 0.1) is 3.79 Å². The van der Waals surface area contributed by atoms with Crippen molar-refractivity contribution in [1.82, 2.24) is 10.3 Å². The van der Waals surface area contributed by atoms with Gasteiger partial charge in [-0.25, -0.2) is 0 Å². The summed E-state index contributed by atoms with van der Waals surface area (Å²) >= 11 is 5.25. The van der Waals surface area contributed by atoms with E-state index in [9.17, 15) is 0 Å². The molecule has 0 bridgehead atoms. The van der Waals surface area contributed by atoms with E-state index in [4.69, 9.17) is 0 Å². The van der Waals surface area contributed by atoms with Crippen LogP contribution in [0, 0.1) is 0 Å². The molecule has 0 aliphatic carbocycles. The highest BCUT2D eigenvalue weighted by atomic mass is 79.9. The molecule has 0 fully saturated rings. The van der Waals surface area contributed by atoms with E-state index in [0.29, 0.717) is 6.04 Å². The Labute approximate surface area is 108 Å². The van der Waals surface area contributed by atoms with Gasteiger partial charge in [-0.2, -0.15) is 0 Å². The summed E-state index contributed by atoms with van der Waals surface area (Å²) in [5, 5.41) is 3.48. The maximum absolute atomic E-state index is 4.09. The van der Waals surface area contributed by atoms with E-state index in [0.717, 1.165) is 6.54 Å². The van der Waals surface area contributed by atoms with Crippen molar-refractivity contribution in [2.24, 2.45) is 0 Å². The molecule has 0 aliphatic heterocycles. The van der Waals surface area contributed by atoms with Gasteiger partial charge in [0.15, 0.2) is 0 Å². The van der Waals surface area contributed by atoms with Gasteiger partial charge in [0.1, 0.15) is 0 Å². The van der Waals surface area contributed by atoms with Crippen molar-refractivity contribution in [2.75, 3.05) is 0 Å². The van der Waals surface area contributed by atoms with E-state index >= 15 is 0 Å². The molecule has 2 rings (SSSR count). The summed E-state index contributed by atoms with van der Waals surface area (Å²) in [5.74, 6) is 0. The molecule has 84 valence electrons. The van der Waals surface area contributed by atoms with Gasteiger partial charge in [0.2, 0.25) is 0 Å². The molecule has 0 radical (unpaired) electrons. The first-order valence-electron chi connectivity index (χ1n) is 5.13. The van der Waals surface area contributed by atoms with Crippen LogP contribution in [0.15, 0.2) is 40.4 Å². The number of aromatic nitrogens is 1. The van der Waals surface area contributed by atoms with Crippen LogP contribution in [0.5, 0.6) is 0 Å². The molecule has 1 N–H and O–H groups in total. The van der Waals surface area contributed by atoms with Crippen LogP contribution in [-0.4, -0.2) is 4.98 Å². The second kappa shape index (κ2) is 5.57. The molecule has 2 aromatic rings. The summed E-state index contributed by atoms with van der Waals surface area (Å²) in [6.07, 6.45) is 3.69. The number of thiophene rings is 1. The lowest BCUT2D eigenvalue weighted by atomic mass is 10.2. The molecule has 2 heterocycles. The number of pyridine rings is 1. The van der Waals surface area contributed by atoms with Crippen LogP contribution < -0.4 is 5.32 Å². The summed E-state index contributed by atoms with van der Waals surface area (Å²) in [4.78, 5) is 5.44. The summed E-state index contributed by atoms with van der Waals surface area (Å²) in [5.41, 5.74) is 1.21. The third-order valence-corrected chi connectivity index (χ3v) is 4.16. The quantitative estimate of drug-likeness (QED) is 0.929. The Bertz CT molecular complexity index is 441. The van der Waals surface area contributed by atoms with Crippen LogP contribution in [0.2, 0.25) is 0 Å². The molecule has 16 heavy (non-hydrogen) atoms. The van der Waals surface area contributed by atoms with Gasteiger partial charge in [0.25, 0.3) is 0 Å². The number of nitrogens with one attached hydrogen (secondary N) is 1. The van der Waals surface area contributed by atoms with Crippen LogP contribution in [0.1, 0.15) is 23.4 Å². The number of hydrogen-bond acceptors (Lipinski definition) is 3. The average molecular weight is 297 g/mol. The lowest BCUT2D eigenvalue weighted by Gasteiger charge is -2.11. The Morgan fingerprint density at radius 3 is 2.94 bits per heavy atom. The van der Waals surface area contributed by atoms with Gasteiger partial charge in [-0.1, -0.05) is 6.07 Å². The topological polar surface area (TPSA) is 24.9 Å². The SMILES string of the molecule is CC(NCc1cccnc1)c1ccc(Br)s1. The number of nitrogens with zero attached hydrogens (tertiary/aromatic N) is 1. The third kappa shape index (κ3) is 3.14. The Morgan fingerprint density at radius 1 is 1.44 bits per heavy atom. The molecule has 2 aromatic heterocycles. The summed E-state index contributed by atoms with van der Waals surface area (Å²) in [6, 6.07) is 8.65. The monoisotopic (exact) mass is 296 g/mol. The second-order valence-electron chi connectivity index (χ2n) is 3.61. The van der Waals surface area contributed by atoms with Crippen LogP contribution in [0.4, 0.5) is 0 Å². The highest BCUT2D eigenvalue weighted by Gasteiger charge is 2.07. The summed E-state index contributed by atoms with van der Waals surface area (Å²) in [6.45, 7) is 3.03. The molecule has 0 amide bonds. The first kappa shape index (κ1) is 11.8. The minimum absolute atomic E-state index is 0.372. The molecule has 0 aliphatic rings. The summed E-state index contributed by atoms with van der Waals surface area (Å²) < 4.78 is 1.18. The van der Waals surface area contributed by atoms with Crippen molar-refractivity contribution < 1.29 is 0 Å². The molecule has 1 unspecified atom stereocenters. The lowest BCUT2D eigenvalue weighted by Crippen LogP contribution is -2.17. The maximum atomic E-state index is 4.09. The van der Waals surface area contributed by atoms with E-state index in [1.165, 1.54) is 14.2 Å². The predicted molar refractivity (Wildman–Crippen MR) is 71.5 cm³/mol.